The fourth-order valence-corrected chi connectivity index (χ4v) is 3.25. The number of amides is 2. The van der Waals surface area contributed by atoms with Crippen molar-refractivity contribution in [2.75, 3.05) is 40.3 Å². The third-order valence-corrected chi connectivity index (χ3v) is 4.69. The van der Waals surface area contributed by atoms with Gasteiger partial charge >= 0.3 is 0 Å². The molecule has 0 aromatic carbocycles. The van der Waals surface area contributed by atoms with Crippen LogP contribution in [0.25, 0.3) is 5.52 Å². The molecule has 0 radical (unpaired) electrons. The summed E-state index contributed by atoms with van der Waals surface area (Å²) < 4.78 is 1.70. The number of carbonyl (C=O) groups excluding carboxylic acids is 2. The topological polar surface area (TPSA) is 70.0 Å². The number of hydrogen-bond acceptors (Lipinski definition) is 4. The molecular weight excluding hydrogens is 330 g/mol. The first-order valence-electron chi connectivity index (χ1n) is 9.27. The summed E-state index contributed by atoms with van der Waals surface area (Å²) in [4.78, 5) is 33.9. The molecule has 0 unspecified atom stereocenters. The molecule has 1 saturated heterocycles. The van der Waals surface area contributed by atoms with Crippen LogP contribution in [-0.2, 0) is 0 Å². The molecule has 7 nitrogen and oxygen atoms in total. The lowest BCUT2D eigenvalue weighted by Gasteiger charge is -2.19. The van der Waals surface area contributed by atoms with E-state index >= 15 is 0 Å². The van der Waals surface area contributed by atoms with E-state index in [-0.39, 0.29) is 17.6 Å². The molecule has 0 atom stereocenters. The first kappa shape index (κ1) is 18.4. The first-order chi connectivity index (χ1) is 12.6. The minimum atomic E-state index is -0.261. The van der Waals surface area contributed by atoms with Crippen molar-refractivity contribution >= 4 is 17.3 Å². The van der Waals surface area contributed by atoms with Gasteiger partial charge < -0.3 is 15.1 Å². The molecule has 0 aliphatic carbocycles. The Morgan fingerprint density at radius 1 is 1.15 bits per heavy atom. The maximum absolute atomic E-state index is 13.0. The quantitative estimate of drug-likeness (QED) is 0.883. The van der Waals surface area contributed by atoms with Crippen LogP contribution in [0.3, 0.4) is 0 Å². The van der Waals surface area contributed by atoms with Gasteiger partial charge in [-0.2, -0.15) is 0 Å². The predicted octanol–water partition coefficient (Wildman–Crippen LogP) is 1.64. The molecule has 0 saturated carbocycles. The van der Waals surface area contributed by atoms with Crippen molar-refractivity contribution in [3.8, 4) is 0 Å². The van der Waals surface area contributed by atoms with E-state index in [4.69, 9.17) is 0 Å². The molecule has 3 rings (SSSR count). The molecule has 2 aromatic heterocycles. The summed E-state index contributed by atoms with van der Waals surface area (Å²) in [5, 5.41) is 2.88. The van der Waals surface area contributed by atoms with Gasteiger partial charge in [0.1, 0.15) is 0 Å². The van der Waals surface area contributed by atoms with Gasteiger partial charge in [0, 0.05) is 32.4 Å². The molecule has 7 heteroatoms. The molecule has 1 N–H and O–H groups in total. The summed E-state index contributed by atoms with van der Waals surface area (Å²) in [6, 6.07) is 5.55. The second kappa shape index (κ2) is 8.31. The Hall–Kier alpha value is -2.41. The molecule has 1 aliphatic rings. The number of likely N-dealkylation sites (tertiary alicyclic amines) is 1. The van der Waals surface area contributed by atoms with Gasteiger partial charge in [-0.25, -0.2) is 4.98 Å². The number of rotatable bonds is 5. The van der Waals surface area contributed by atoms with Crippen molar-refractivity contribution in [1.82, 2.24) is 24.5 Å². The third-order valence-electron chi connectivity index (χ3n) is 4.69. The van der Waals surface area contributed by atoms with Gasteiger partial charge in [-0.15, -0.1) is 0 Å². The second-order valence-electron chi connectivity index (χ2n) is 7.01. The zero-order valence-corrected chi connectivity index (χ0v) is 15.6. The van der Waals surface area contributed by atoms with E-state index < -0.39 is 0 Å². The average Bonchev–Trinajstić information content (AvgIpc) is 2.81. The Morgan fingerprint density at radius 2 is 1.88 bits per heavy atom. The van der Waals surface area contributed by atoms with Crippen molar-refractivity contribution in [1.29, 1.82) is 0 Å². The highest BCUT2D eigenvalue weighted by molar-refractivity contribution is 6.02. The smallest absolute Gasteiger partial charge is 0.287 e. The number of imidazole rings is 1. The monoisotopic (exact) mass is 357 g/mol. The van der Waals surface area contributed by atoms with Crippen LogP contribution in [0.2, 0.25) is 0 Å². The minimum absolute atomic E-state index is 0.0806. The zero-order valence-electron chi connectivity index (χ0n) is 15.6. The highest BCUT2D eigenvalue weighted by atomic mass is 16.2. The number of nitrogens with one attached hydrogen (secondary N) is 1. The van der Waals surface area contributed by atoms with Gasteiger partial charge in [-0.05, 0) is 39.1 Å². The molecule has 140 valence electrons. The predicted molar refractivity (Wildman–Crippen MR) is 100 cm³/mol. The van der Waals surface area contributed by atoms with E-state index in [2.05, 4.69) is 10.3 Å². The van der Waals surface area contributed by atoms with Crippen molar-refractivity contribution in [2.45, 2.75) is 25.7 Å². The molecular formula is C19H27N5O2. The third kappa shape index (κ3) is 4.04. The Labute approximate surface area is 154 Å². The van der Waals surface area contributed by atoms with Crippen LogP contribution in [0.1, 0.15) is 46.8 Å². The SMILES string of the molecule is CN(C)CCNC(=O)c1nc(C(=O)N2CCCCCC2)c2ccccn12. The summed E-state index contributed by atoms with van der Waals surface area (Å²) in [6.45, 7) is 2.79. The maximum atomic E-state index is 13.0. The van der Waals surface area contributed by atoms with Crippen LogP contribution in [0.4, 0.5) is 0 Å². The summed E-state index contributed by atoms with van der Waals surface area (Å²) in [5.41, 5.74) is 1.05. The lowest BCUT2D eigenvalue weighted by molar-refractivity contribution is 0.0758. The van der Waals surface area contributed by atoms with Crippen LogP contribution in [0, 0.1) is 0 Å². The van der Waals surface area contributed by atoms with E-state index in [0.29, 0.717) is 17.8 Å². The van der Waals surface area contributed by atoms with Gasteiger partial charge in [0.25, 0.3) is 11.8 Å². The van der Waals surface area contributed by atoms with E-state index in [9.17, 15) is 9.59 Å². The lowest BCUT2D eigenvalue weighted by Crippen LogP contribution is -2.33. The molecule has 1 fully saturated rings. The number of carbonyl (C=O) groups is 2. The van der Waals surface area contributed by atoms with Crippen molar-refractivity contribution in [3.63, 3.8) is 0 Å². The van der Waals surface area contributed by atoms with E-state index in [1.54, 1.807) is 10.6 Å². The maximum Gasteiger partial charge on any atom is 0.287 e. The van der Waals surface area contributed by atoms with Gasteiger partial charge in [0.2, 0.25) is 5.82 Å². The molecule has 0 bridgehead atoms. The van der Waals surface area contributed by atoms with Gasteiger partial charge in [0.15, 0.2) is 5.69 Å². The molecule has 2 aromatic rings. The minimum Gasteiger partial charge on any atom is -0.348 e. The van der Waals surface area contributed by atoms with Gasteiger partial charge in [-0.3, -0.25) is 14.0 Å². The van der Waals surface area contributed by atoms with Crippen molar-refractivity contribution < 1.29 is 9.59 Å². The largest absolute Gasteiger partial charge is 0.348 e. The summed E-state index contributed by atoms with van der Waals surface area (Å²) >= 11 is 0. The van der Waals surface area contributed by atoms with Crippen molar-refractivity contribution in [2.24, 2.45) is 0 Å². The van der Waals surface area contributed by atoms with Crippen LogP contribution >= 0.6 is 0 Å². The highest BCUT2D eigenvalue weighted by Gasteiger charge is 2.25. The van der Waals surface area contributed by atoms with Crippen LogP contribution < -0.4 is 5.32 Å². The fourth-order valence-electron chi connectivity index (χ4n) is 3.25. The lowest BCUT2D eigenvalue weighted by atomic mass is 10.2. The van der Waals surface area contributed by atoms with E-state index in [1.165, 1.54) is 0 Å². The van der Waals surface area contributed by atoms with Crippen LogP contribution in [-0.4, -0.2) is 71.3 Å². The Morgan fingerprint density at radius 3 is 2.58 bits per heavy atom. The van der Waals surface area contributed by atoms with Crippen molar-refractivity contribution in [3.05, 3.63) is 35.9 Å². The molecule has 26 heavy (non-hydrogen) atoms. The van der Waals surface area contributed by atoms with E-state index in [1.807, 2.05) is 42.1 Å². The van der Waals surface area contributed by atoms with E-state index in [0.717, 1.165) is 45.3 Å². The fraction of sp³-hybridized carbons (Fsp3) is 0.526. The number of hydrogen-bond donors (Lipinski definition) is 1. The first-order valence-corrected chi connectivity index (χ1v) is 9.27. The molecule has 2 amide bonds. The second-order valence-corrected chi connectivity index (χ2v) is 7.01. The number of likely N-dealkylation sites (N-methyl/N-ethyl adjacent to an activating group) is 1. The number of nitrogens with zero attached hydrogens (tertiary/aromatic N) is 4. The van der Waals surface area contributed by atoms with Crippen LogP contribution in [0.5, 0.6) is 0 Å². The number of pyridine rings is 1. The highest BCUT2D eigenvalue weighted by Crippen LogP contribution is 2.18. The Balaban J connectivity index is 1.87. The summed E-state index contributed by atoms with van der Waals surface area (Å²) in [7, 11) is 3.91. The Bertz CT molecular complexity index is 775. The number of aromatic nitrogens is 2. The summed E-state index contributed by atoms with van der Waals surface area (Å²) in [5.74, 6) is -0.0802. The van der Waals surface area contributed by atoms with Gasteiger partial charge in [0.05, 0.1) is 5.52 Å². The molecule has 1 aliphatic heterocycles. The van der Waals surface area contributed by atoms with Gasteiger partial charge in [-0.1, -0.05) is 18.9 Å². The normalized spacial score (nSPS) is 15.3. The zero-order chi connectivity index (χ0) is 18.5. The summed E-state index contributed by atoms with van der Waals surface area (Å²) in [6.07, 6.45) is 6.15. The molecule has 0 spiro atoms. The Kier molecular flexibility index (Phi) is 5.88. The van der Waals surface area contributed by atoms with Crippen LogP contribution in [0.15, 0.2) is 24.4 Å². The molecule has 3 heterocycles. The average molecular weight is 357 g/mol. The number of fused-ring (bicyclic) bond motifs is 1. The standard InChI is InChI=1S/C19H27N5O2/c1-22(2)14-10-20-18(25)17-21-16(15-9-5-8-13-24(15)17)19(26)23-11-6-3-4-7-12-23/h5,8-9,13H,3-4,6-7,10-12,14H2,1-2H3,(H,20,25).